The van der Waals surface area contributed by atoms with E-state index in [-0.39, 0.29) is 71.1 Å². The number of allylic oxidation sites excluding steroid dienone is 2. The standard InChI is InChI=1S/C31H44O7/c1-17(2)19-16-31-14-11-22-29(3,12-6-13-30(22,4)28(36)37-5)23(31)15-18(19)26-21(8-7-20(32)27(26)31)38-25(35)10-9-24(33)34/h16-18,21-23,26-27H,6-15H2,1-5H3,(H,33,34)/t18-,21-,22+,23+,26-,27+,29-,30+,31-/m0/s1. The average molecular weight is 529 g/mol. The van der Waals surface area contributed by atoms with Crippen molar-refractivity contribution >= 4 is 23.7 Å². The van der Waals surface area contributed by atoms with Gasteiger partial charge in [0.05, 0.1) is 25.4 Å². The fourth-order valence-corrected chi connectivity index (χ4v) is 10.3. The summed E-state index contributed by atoms with van der Waals surface area (Å²) in [7, 11) is 1.49. The van der Waals surface area contributed by atoms with Gasteiger partial charge in [-0.05, 0) is 74.5 Å². The van der Waals surface area contributed by atoms with Crippen molar-refractivity contribution in [2.75, 3.05) is 7.11 Å². The molecule has 1 N–H and O–H groups in total. The summed E-state index contributed by atoms with van der Waals surface area (Å²) in [5.41, 5.74) is 0.509. The quantitative estimate of drug-likeness (QED) is 0.365. The number of ketones is 1. The topological polar surface area (TPSA) is 107 Å². The van der Waals surface area contributed by atoms with Gasteiger partial charge in [-0.3, -0.25) is 19.2 Å². The molecule has 6 aliphatic rings. The summed E-state index contributed by atoms with van der Waals surface area (Å²) in [5, 5.41) is 9.02. The van der Waals surface area contributed by atoms with Crippen LogP contribution in [0.4, 0.5) is 0 Å². The zero-order chi connectivity index (χ0) is 27.6. The number of hydrogen-bond acceptors (Lipinski definition) is 6. The summed E-state index contributed by atoms with van der Waals surface area (Å²) in [6.45, 7) is 8.90. The lowest BCUT2D eigenvalue weighted by molar-refractivity contribution is -0.213. The number of fused-ring (bicyclic) bond motifs is 1. The monoisotopic (exact) mass is 528 g/mol. The van der Waals surface area contributed by atoms with Crippen LogP contribution in [-0.2, 0) is 28.7 Å². The first-order valence-electron chi connectivity index (χ1n) is 14.6. The third-order valence-corrected chi connectivity index (χ3v) is 11.7. The van der Waals surface area contributed by atoms with Crippen LogP contribution in [0, 0.1) is 51.8 Å². The van der Waals surface area contributed by atoms with Gasteiger partial charge in [-0.2, -0.15) is 0 Å². The van der Waals surface area contributed by atoms with Crippen molar-refractivity contribution in [3.63, 3.8) is 0 Å². The number of carboxylic acids is 1. The highest BCUT2D eigenvalue weighted by Gasteiger charge is 2.71. The van der Waals surface area contributed by atoms with E-state index in [9.17, 15) is 19.2 Å². The Hall–Kier alpha value is -2.18. The van der Waals surface area contributed by atoms with Gasteiger partial charge in [0, 0.05) is 23.7 Å². The van der Waals surface area contributed by atoms with Crippen molar-refractivity contribution in [1.29, 1.82) is 0 Å². The Bertz CT molecular complexity index is 1060. The van der Waals surface area contributed by atoms with E-state index in [0.717, 1.165) is 38.5 Å². The van der Waals surface area contributed by atoms with Gasteiger partial charge in [0.2, 0.25) is 0 Å². The highest BCUT2D eigenvalue weighted by Crippen LogP contribution is 2.74. The van der Waals surface area contributed by atoms with Crippen LogP contribution in [0.2, 0.25) is 0 Å². The van der Waals surface area contributed by atoms with Crippen LogP contribution >= 0.6 is 0 Å². The second-order valence-electron chi connectivity index (χ2n) is 13.6. The maximum Gasteiger partial charge on any atom is 0.311 e. The van der Waals surface area contributed by atoms with Gasteiger partial charge in [-0.1, -0.05) is 38.8 Å². The molecular formula is C31H44O7. The predicted molar refractivity (Wildman–Crippen MR) is 140 cm³/mol. The highest BCUT2D eigenvalue weighted by molar-refractivity contribution is 5.85. The Morgan fingerprint density at radius 3 is 2.47 bits per heavy atom. The van der Waals surface area contributed by atoms with Crippen molar-refractivity contribution < 1.29 is 33.8 Å². The zero-order valence-electron chi connectivity index (χ0n) is 23.6. The number of esters is 2. The summed E-state index contributed by atoms with van der Waals surface area (Å²) in [6.07, 6.45) is 8.20. The number of Topliss-reactive ketones (excluding diaryl/α,β-unsaturated/α-hetero) is 1. The van der Waals surface area contributed by atoms with Crippen LogP contribution in [-0.4, -0.2) is 42.0 Å². The molecule has 210 valence electrons. The molecule has 7 nitrogen and oxygen atoms in total. The maximum absolute atomic E-state index is 13.8. The summed E-state index contributed by atoms with van der Waals surface area (Å²) < 4.78 is 11.3. The molecule has 7 heteroatoms. The molecule has 38 heavy (non-hydrogen) atoms. The van der Waals surface area contributed by atoms with Gasteiger partial charge in [-0.15, -0.1) is 0 Å². The predicted octanol–water partition coefficient (Wildman–Crippen LogP) is 5.36. The third kappa shape index (κ3) is 3.89. The highest BCUT2D eigenvalue weighted by atomic mass is 16.5. The van der Waals surface area contributed by atoms with Gasteiger partial charge in [0.1, 0.15) is 11.9 Å². The molecule has 2 bridgehead atoms. The van der Waals surface area contributed by atoms with E-state index in [4.69, 9.17) is 14.6 Å². The molecule has 0 aromatic carbocycles. The van der Waals surface area contributed by atoms with Gasteiger partial charge in [0.15, 0.2) is 0 Å². The average Bonchev–Trinajstić information content (AvgIpc) is 2.87. The molecule has 6 aliphatic carbocycles. The minimum absolute atomic E-state index is 0.0561. The Morgan fingerprint density at radius 1 is 1.08 bits per heavy atom. The zero-order valence-corrected chi connectivity index (χ0v) is 23.6. The molecule has 0 aliphatic heterocycles. The molecule has 9 atom stereocenters. The van der Waals surface area contributed by atoms with E-state index in [1.165, 1.54) is 12.7 Å². The Kier molecular flexibility index (Phi) is 6.83. The van der Waals surface area contributed by atoms with E-state index in [1.807, 2.05) is 0 Å². The van der Waals surface area contributed by atoms with E-state index in [1.54, 1.807) is 0 Å². The number of aliphatic carboxylic acids is 1. The molecule has 0 radical (unpaired) electrons. The van der Waals surface area contributed by atoms with Crippen LogP contribution in [0.3, 0.4) is 0 Å². The van der Waals surface area contributed by atoms with Crippen LogP contribution < -0.4 is 0 Å². The molecule has 0 aromatic rings. The minimum Gasteiger partial charge on any atom is -0.481 e. The summed E-state index contributed by atoms with van der Waals surface area (Å²) >= 11 is 0. The number of carboxylic acid groups (broad SMARTS) is 1. The molecule has 0 unspecified atom stereocenters. The maximum atomic E-state index is 13.8. The number of methoxy groups -OCH3 is 1. The number of hydrogen-bond donors (Lipinski definition) is 1. The van der Waals surface area contributed by atoms with Gasteiger partial charge in [-0.25, -0.2) is 0 Å². The second kappa shape index (κ2) is 9.48. The van der Waals surface area contributed by atoms with Gasteiger partial charge in [0.25, 0.3) is 0 Å². The number of carbonyl (C=O) groups excluding carboxylic acids is 3. The first kappa shape index (κ1) is 27.4. The first-order chi connectivity index (χ1) is 17.9. The third-order valence-electron chi connectivity index (χ3n) is 11.7. The van der Waals surface area contributed by atoms with Crippen molar-refractivity contribution in [3.8, 4) is 0 Å². The lowest BCUT2D eigenvalue weighted by atomic mass is 9.33. The second-order valence-corrected chi connectivity index (χ2v) is 13.6. The van der Waals surface area contributed by atoms with Crippen LogP contribution in [0.1, 0.15) is 91.9 Å². The number of carbonyl (C=O) groups is 4. The van der Waals surface area contributed by atoms with Crippen molar-refractivity contribution in [2.45, 2.75) is 98.0 Å². The molecule has 0 saturated heterocycles. The molecule has 0 heterocycles. The van der Waals surface area contributed by atoms with E-state index >= 15 is 0 Å². The van der Waals surface area contributed by atoms with Crippen molar-refractivity contribution in [1.82, 2.24) is 0 Å². The summed E-state index contributed by atoms with van der Waals surface area (Å²) in [5.74, 6) is -0.582. The minimum atomic E-state index is -1.02. The van der Waals surface area contributed by atoms with Crippen molar-refractivity contribution in [2.24, 2.45) is 51.8 Å². The molecule has 4 fully saturated rings. The largest absolute Gasteiger partial charge is 0.481 e. The molecule has 0 aromatic heterocycles. The van der Waals surface area contributed by atoms with Crippen LogP contribution in [0.25, 0.3) is 0 Å². The lowest BCUT2D eigenvalue weighted by Gasteiger charge is -2.70. The van der Waals surface area contributed by atoms with Gasteiger partial charge >= 0.3 is 17.9 Å². The smallest absolute Gasteiger partial charge is 0.311 e. The van der Waals surface area contributed by atoms with Crippen LogP contribution in [0.5, 0.6) is 0 Å². The summed E-state index contributed by atoms with van der Waals surface area (Å²) in [4.78, 5) is 50.6. The fourth-order valence-electron chi connectivity index (χ4n) is 10.3. The molecule has 4 saturated carbocycles. The SMILES string of the molecule is COC(=O)[C@]1(C)CCC[C@]2(C)[C@H]3C[C@H]4C(C(C)C)=C[C@]3(CC[C@H]21)[C@@H]1C(=O)CC[C@H](OC(=O)CCC(=O)O)[C@@H]14. The number of ether oxygens (including phenoxy) is 2. The number of rotatable bonds is 6. The van der Waals surface area contributed by atoms with Gasteiger partial charge < -0.3 is 14.6 Å². The molecule has 0 amide bonds. The van der Waals surface area contributed by atoms with Crippen LogP contribution in [0.15, 0.2) is 11.6 Å². The Morgan fingerprint density at radius 2 is 1.82 bits per heavy atom. The van der Waals surface area contributed by atoms with Crippen molar-refractivity contribution in [3.05, 3.63) is 11.6 Å². The normalized spacial score (nSPS) is 43.4. The van der Waals surface area contributed by atoms with E-state index in [2.05, 4.69) is 33.8 Å². The first-order valence-corrected chi connectivity index (χ1v) is 14.6. The van der Waals surface area contributed by atoms with E-state index < -0.39 is 17.4 Å². The fraction of sp³-hybridized carbons (Fsp3) is 0.806. The Labute approximate surface area is 226 Å². The summed E-state index contributed by atoms with van der Waals surface area (Å²) in [6, 6.07) is 0. The lowest BCUT2D eigenvalue weighted by Crippen LogP contribution is -2.68. The van der Waals surface area contributed by atoms with E-state index in [0.29, 0.717) is 18.8 Å². The molecular weight excluding hydrogens is 484 g/mol. The molecule has 6 rings (SSSR count). The molecule has 1 spiro atoms. The Balaban J connectivity index is 1.54.